The molecule has 1 aromatic carbocycles. The molecule has 0 radical (unpaired) electrons. The van der Waals surface area contributed by atoms with Gasteiger partial charge in [-0.2, -0.15) is 5.26 Å². The number of nitrogens with zero attached hydrogens (tertiary/aromatic N) is 2. The van der Waals surface area contributed by atoms with E-state index in [1.807, 2.05) is 32.0 Å². The molecule has 18 heavy (non-hydrogen) atoms. The van der Waals surface area contributed by atoms with E-state index in [-0.39, 0.29) is 18.5 Å². The van der Waals surface area contributed by atoms with Crippen molar-refractivity contribution in [1.82, 2.24) is 4.90 Å². The summed E-state index contributed by atoms with van der Waals surface area (Å²) in [5.41, 5.74) is 3.05. The first-order valence-corrected chi connectivity index (χ1v) is 5.91. The zero-order valence-corrected chi connectivity index (χ0v) is 11.3. The standard InChI is InChI=1S/C14H19N3O/c1-10-6-5-7-13(12(10)3)16-14(18)9-17(4)11(2)8-15/h5-7,11H,9H2,1-4H3,(H,16,18)/t11-/m0/s1. The summed E-state index contributed by atoms with van der Waals surface area (Å²) in [6.45, 7) is 5.97. The Bertz CT molecular complexity index is 476. The highest BCUT2D eigenvalue weighted by Gasteiger charge is 2.13. The van der Waals surface area contributed by atoms with E-state index in [4.69, 9.17) is 5.26 Å². The van der Waals surface area contributed by atoms with E-state index in [2.05, 4.69) is 11.4 Å². The third-order valence-electron chi connectivity index (χ3n) is 3.12. The topological polar surface area (TPSA) is 56.1 Å². The molecule has 0 heterocycles. The monoisotopic (exact) mass is 245 g/mol. The summed E-state index contributed by atoms with van der Waals surface area (Å²) in [6.07, 6.45) is 0. The molecule has 1 N–H and O–H groups in total. The van der Waals surface area contributed by atoms with E-state index in [1.165, 1.54) is 0 Å². The largest absolute Gasteiger partial charge is 0.325 e. The van der Waals surface area contributed by atoms with Gasteiger partial charge in [0.25, 0.3) is 0 Å². The molecule has 0 saturated carbocycles. The van der Waals surface area contributed by atoms with Crippen molar-refractivity contribution in [2.45, 2.75) is 26.8 Å². The number of amides is 1. The van der Waals surface area contributed by atoms with E-state index >= 15 is 0 Å². The van der Waals surface area contributed by atoms with Gasteiger partial charge < -0.3 is 5.32 Å². The van der Waals surface area contributed by atoms with Crippen molar-refractivity contribution in [3.05, 3.63) is 29.3 Å². The molecule has 0 unspecified atom stereocenters. The van der Waals surface area contributed by atoms with Crippen molar-refractivity contribution in [2.75, 3.05) is 18.9 Å². The number of rotatable bonds is 4. The van der Waals surface area contributed by atoms with Crippen LogP contribution in [0, 0.1) is 25.2 Å². The molecule has 4 nitrogen and oxygen atoms in total. The average Bonchev–Trinajstić information content (AvgIpc) is 2.33. The first-order chi connectivity index (χ1) is 8.45. The second-order valence-electron chi connectivity index (χ2n) is 4.52. The lowest BCUT2D eigenvalue weighted by Crippen LogP contribution is -2.35. The summed E-state index contributed by atoms with van der Waals surface area (Å²) in [4.78, 5) is 13.6. The van der Waals surface area contributed by atoms with Gasteiger partial charge in [0.1, 0.15) is 0 Å². The molecule has 0 aliphatic rings. The van der Waals surface area contributed by atoms with E-state index in [1.54, 1.807) is 18.9 Å². The molecule has 0 fully saturated rings. The Labute approximate surface area is 108 Å². The van der Waals surface area contributed by atoms with E-state index in [9.17, 15) is 4.79 Å². The average molecular weight is 245 g/mol. The first kappa shape index (κ1) is 14.2. The zero-order chi connectivity index (χ0) is 13.7. The Balaban J connectivity index is 2.66. The van der Waals surface area contributed by atoms with Crippen LogP contribution in [-0.4, -0.2) is 30.4 Å². The highest BCUT2D eigenvalue weighted by atomic mass is 16.2. The first-order valence-electron chi connectivity index (χ1n) is 5.91. The van der Waals surface area contributed by atoms with Crippen molar-refractivity contribution in [1.29, 1.82) is 5.26 Å². The molecule has 0 aromatic heterocycles. The molecule has 4 heteroatoms. The van der Waals surface area contributed by atoms with E-state index in [0.29, 0.717) is 0 Å². The van der Waals surface area contributed by atoms with Gasteiger partial charge in [0, 0.05) is 5.69 Å². The molecule has 96 valence electrons. The van der Waals surface area contributed by atoms with Gasteiger partial charge in [-0.15, -0.1) is 0 Å². The van der Waals surface area contributed by atoms with Gasteiger partial charge in [-0.1, -0.05) is 12.1 Å². The SMILES string of the molecule is Cc1cccc(NC(=O)CN(C)[C@@H](C)C#N)c1C. The summed E-state index contributed by atoms with van der Waals surface area (Å²) in [7, 11) is 1.76. The molecule has 1 atom stereocenters. The van der Waals surface area contributed by atoms with Crippen LogP contribution < -0.4 is 5.32 Å². The predicted octanol–water partition coefficient (Wildman–Crippen LogP) is 2.09. The zero-order valence-electron chi connectivity index (χ0n) is 11.3. The minimum atomic E-state index is -0.269. The highest BCUT2D eigenvalue weighted by molar-refractivity contribution is 5.93. The van der Waals surface area contributed by atoms with Crippen LogP contribution in [0.3, 0.4) is 0 Å². The molecule has 1 rings (SSSR count). The van der Waals surface area contributed by atoms with E-state index < -0.39 is 0 Å². The van der Waals surface area contributed by atoms with Gasteiger partial charge in [0.05, 0.1) is 18.7 Å². The molecule has 0 spiro atoms. The Kier molecular flexibility index (Phi) is 4.87. The number of carbonyl (C=O) groups excluding carboxylic acids is 1. The summed E-state index contributed by atoms with van der Waals surface area (Å²) < 4.78 is 0. The number of benzene rings is 1. The smallest absolute Gasteiger partial charge is 0.238 e. The molecule has 1 amide bonds. The second-order valence-corrected chi connectivity index (χ2v) is 4.52. The second kappa shape index (κ2) is 6.18. The molecule has 0 bridgehead atoms. The fourth-order valence-electron chi connectivity index (χ4n) is 1.54. The summed E-state index contributed by atoms with van der Waals surface area (Å²) in [5, 5.41) is 11.6. The van der Waals surface area contributed by atoms with Crippen molar-refractivity contribution >= 4 is 11.6 Å². The number of hydrogen-bond acceptors (Lipinski definition) is 3. The fourth-order valence-corrected chi connectivity index (χ4v) is 1.54. The van der Waals surface area contributed by atoms with Gasteiger partial charge in [0.15, 0.2) is 0 Å². The van der Waals surface area contributed by atoms with Gasteiger partial charge in [-0.05, 0) is 45.0 Å². The van der Waals surface area contributed by atoms with Crippen LogP contribution in [0.2, 0.25) is 0 Å². The minimum Gasteiger partial charge on any atom is -0.325 e. The maximum absolute atomic E-state index is 11.8. The lowest BCUT2D eigenvalue weighted by atomic mass is 10.1. The Hall–Kier alpha value is -1.86. The molecule has 0 aliphatic heterocycles. The van der Waals surface area contributed by atoms with Crippen LogP contribution in [-0.2, 0) is 4.79 Å². The quantitative estimate of drug-likeness (QED) is 0.883. The van der Waals surface area contributed by atoms with Gasteiger partial charge in [-0.25, -0.2) is 0 Å². The van der Waals surface area contributed by atoms with E-state index in [0.717, 1.165) is 16.8 Å². The van der Waals surface area contributed by atoms with Gasteiger partial charge >= 0.3 is 0 Å². The van der Waals surface area contributed by atoms with Crippen LogP contribution in [0.15, 0.2) is 18.2 Å². The van der Waals surface area contributed by atoms with Crippen LogP contribution in [0.5, 0.6) is 0 Å². The lowest BCUT2D eigenvalue weighted by molar-refractivity contribution is -0.117. The summed E-state index contributed by atoms with van der Waals surface area (Å²) in [6, 6.07) is 7.64. The third kappa shape index (κ3) is 3.57. The number of nitriles is 1. The minimum absolute atomic E-state index is 0.103. The number of nitrogens with one attached hydrogen (secondary N) is 1. The Morgan fingerprint density at radius 3 is 2.78 bits per heavy atom. The number of anilines is 1. The predicted molar refractivity (Wildman–Crippen MR) is 72.3 cm³/mol. The van der Waals surface area contributed by atoms with Crippen molar-refractivity contribution in [2.24, 2.45) is 0 Å². The molecule has 0 saturated heterocycles. The van der Waals surface area contributed by atoms with Crippen LogP contribution in [0.4, 0.5) is 5.69 Å². The third-order valence-corrected chi connectivity index (χ3v) is 3.12. The molecule has 1 aromatic rings. The number of hydrogen-bond donors (Lipinski definition) is 1. The molecular weight excluding hydrogens is 226 g/mol. The molecule has 0 aliphatic carbocycles. The van der Waals surface area contributed by atoms with Crippen LogP contribution >= 0.6 is 0 Å². The number of aryl methyl sites for hydroxylation is 1. The summed E-state index contributed by atoms with van der Waals surface area (Å²) >= 11 is 0. The van der Waals surface area contributed by atoms with Crippen molar-refractivity contribution < 1.29 is 4.79 Å². The van der Waals surface area contributed by atoms with Crippen molar-refractivity contribution in [3.63, 3.8) is 0 Å². The van der Waals surface area contributed by atoms with Crippen LogP contribution in [0.25, 0.3) is 0 Å². The Morgan fingerprint density at radius 1 is 1.50 bits per heavy atom. The highest BCUT2D eigenvalue weighted by Crippen LogP contribution is 2.17. The van der Waals surface area contributed by atoms with Crippen molar-refractivity contribution in [3.8, 4) is 6.07 Å². The molecular formula is C14H19N3O. The van der Waals surface area contributed by atoms with Gasteiger partial charge in [0.2, 0.25) is 5.91 Å². The summed E-state index contributed by atoms with van der Waals surface area (Å²) in [5.74, 6) is -0.103. The normalized spacial score (nSPS) is 12.0. The van der Waals surface area contributed by atoms with Crippen LogP contribution in [0.1, 0.15) is 18.1 Å². The number of carbonyl (C=O) groups is 1. The maximum Gasteiger partial charge on any atom is 0.238 e. The Morgan fingerprint density at radius 2 is 2.17 bits per heavy atom. The fraction of sp³-hybridized carbons (Fsp3) is 0.429. The maximum atomic E-state index is 11.8. The number of likely N-dealkylation sites (N-methyl/N-ethyl adjacent to an activating group) is 1. The van der Waals surface area contributed by atoms with Gasteiger partial charge in [-0.3, -0.25) is 9.69 Å². The lowest BCUT2D eigenvalue weighted by Gasteiger charge is -2.18.